The van der Waals surface area contributed by atoms with Gasteiger partial charge in [-0.3, -0.25) is 0 Å². The molecule has 0 aliphatic carbocycles. The highest BCUT2D eigenvalue weighted by Crippen LogP contribution is 2.45. The van der Waals surface area contributed by atoms with Crippen molar-refractivity contribution in [3.05, 3.63) is 17.7 Å². The van der Waals surface area contributed by atoms with E-state index in [1.807, 2.05) is 0 Å². The molecular weight excluding hydrogens is 276 g/mol. The van der Waals surface area contributed by atoms with Crippen molar-refractivity contribution in [3.8, 4) is 23.0 Å². The molecule has 0 heterocycles. The van der Waals surface area contributed by atoms with Crippen LogP contribution in [0.25, 0.3) is 6.08 Å². The molecule has 0 aliphatic heterocycles. The van der Waals surface area contributed by atoms with Gasteiger partial charge in [0.15, 0.2) is 23.0 Å². The van der Waals surface area contributed by atoms with Crippen LogP contribution in [-0.4, -0.2) is 41.0 Å². The fourth-order valence-corrected chi connectivity index (χ4v) is 1.84. The molecule has 0 radical (unpaired) electrons. The summed E-state index contributed by atoms with van der Waals surface area (Å²) in [6.07, 6.45) is 2.84. The first kappa shape index (κ1) is 16.7. The lowest BCUT2D eigenvalue weighted by atomic mass is 10.1. The van der Waals surface area contributed by atoms with Crippen molar-refractivity contribution in [2.75, 3.05) is 35.0 Å². The van der Waals surface area contributed by atoms with Crippen molar-refractivity contribution in [1.29, 1.82) is 0 Å². The maximum Gasteiger partial charge on any atom is 0.330 e. The number of hydrogen-bond donors (Lipinski definition) is 0. The molecule has 6 nitrogen and oxygen atoms in total. The number of carbonyl (C=O) groups is 1. The van der Waals surface area contributed by atoms with Crippen LogP contribution in [0.5, 0.6) is 23.0 Å². The van der Waals surface area contributed by atoms with Crippen LogP contribution in [0.3, 0.4) is 0 Å². The van der Waals surface area contributed by atoms with Crippen LogP contribution in [-0.2, 0) is 9.53 Å². The minimum Gasteiger partial charge on any atom is -0.493 e. The molecule has 0 aliphatic rings. The maximum absolute atomic E-state index is 11.5. The summed E-state index contributed by atoms with van der Waals surface area (Å²) in [6, 6.07) is 1.65. The monoisotopic (exact) mass is 296 g/mol. The Balaban J connectivity index is 3.40. The van der Waals surface area contributed by atoms with Crippen molar-refractivity contribution in [2.45, 2.75) is 6.92 Å². The Labute approximate surface area is 124 Å². The molecule has 1 aromatic rings. The lowest BCUT2D eigenvalue weighted by Gasteiger charge is -2.17. The number of esters is 1. The molecule has 0 spiro atoms. The third-order valence-corrected chi connectivity index (χ3v) is 2.72. The van der Waals surface area contributed by atoms with Gasteiger partial charge in [0, 0.05) is 12.1 Å². The van der Waals surface area contributed by atoms with Crippen LogP contribution in [0.2, 0.25) is 0 Å². The van der Waals surface area contributed by atoms with Crippen molar-refractivity contribution >= 4 is 12.0 Å². The molecule has 1 rings (SSSR count). The Hall–Kier alpha value is -2.37. The topological polar surface area (TPSA) is 63.2 Å². The van der Waals surface area contributed by atoms with Gasteiger partial charge in [-0.15, -0.1) is 0 Å². The summed E-state index contributed by atoms with van der Waals surface area (Å²) < 4.78 is 26.1. The molecule has 0 unspecified atom stereocenters. The van der Waals surface area contributed by atoms with Gasteiger partial charge in [-0.25, -0.2) is 4.79 Å². The van der Waals surface area contributed by atoms with Gasteiger partial charge in [-0.05, 0) is 13.0 Å². The van der Waals surface area contributed by atoms with Gasteiger partial charge in [0.25, 0.3) is 0 Å². The van der Waals surface area contributed by atoms with Crippen LogP contribution in [0, 0.1) is 0 Å². The van der Waals surface area contributed by atoms with Gasteiger partial charge in [-0.2, -0.15) is 0 Å². The summed E-state index contributed by atoms with van der Waals surface area (Å²) in [7, 11) is 6.04. The van der Waals surface area contributed by atoms with E-state index in [2.05, 4.69) is 0 Å². The van der Waals surface area contributed by atoms with Gasteiger partial charge < -0.3 is 23.7 Å². The molecule has 0 atom stereocenters. The van der Waals surface area contributed by atoms with Gasteiger partial charge in [-0.1, -0.05) is 0 Å². The van der Waals surface area contributed by atoms with Gasteiger partial charge in [0.05, 0.1) is 40.6 Å². The second-order valence-corrected chi connectivity index (χ2v) is 3.85. The molecule has 0 N–H and O–H groups in total. The summed E-state index contributed by atoms with van der Waals surface area (Å²) in [6.45, 7) is 2.04. The molecular formula is C15H20O6. The molecule has 21 heavy (non-hydrogen) atoms. The van der Waals surface area contributed by atoms with Crippen LogP contribution in [0.15, 0.2) is 12.1 Å². The largest absolute Gasteiger partial charge is 0.493 e. The maximum atomic E-state index is 11.5. The highest BCUT2D eigenvalue weighted by molar-refractivity contribution is 5.89. The average molecular weight is 296 g/mol. The summed E-state index contributed by atoms with van der Waals surface area (Å²) in [5.74, 6) is 1.37. The third-order valence-electron chi connectivity index (χ3n) is 2.72. The molecule has 0 aromatic heterocycles. The van der Waals surface area contributed by atoms with Crippen molar-refractivity contribution in [2.24, 2.45) is 0 Å². The number of ether oxygens (including phenoxy) is 5. The molecule has 1 aromatic carbocycles. The SMILES string of the molecule is CCOC(=O)C=Cc1c(OC)c(OC)cc(OC)c1OC. The zero-order valence-corrected chi connectivity index (χ0v) is 12.9. The minimum absolute atomic E-state index is 0.304. The van der Waals surface area contributed by atoms with E-state index in [0.29, 0.717) is 35.2 Å². The van der Waals surface area contributed by atoms with Gasteiger partial charge in [0.2, 0.25) is 0 Å². The highest BCUT2D eigenvalue weighted by atomic mass is 16.5. The third kappa shape index (κ3) is 3.81. The zero-order chi connectivity index (χ0) is 15.8. The molecule has 6 heteroatoms. The molecule has 0 saturated heterocycles. The molecule has 0 fully saturated rings. The quantitative estimate of drug-likeness (QED) is 0.568. The lowest BCUT2D eigenvalue weighted by Crippen LogP contribution is -2.01. The van der Waals surface area contributed by atoms with Crippen LogP contribution >= 0.6 is 0 Å². The molecule has 0 amide bonds. The Morgan fingerprint density at radius 3 is 1.90 bits per heavy atom. The Morgan fingerprint density at radius 1 is 1.00 bits per heavy atom. The van der Waals surface area contributed by atoms with E-state index < -0.39 is 5.97 Å². The number of methoxy groups -OCH3 is 4. The van der Waals surface area contributed by atoms with Crippen LogP contribution < -0.4 is 18.9 Å². The van der Waals surface area contributed by atoms with Crippen LogP contribution in [0.1, 0.15) is 12.5 Å². The fraction of sp³-hybridized carbons (Fsp3) is 0.400. The second-order valence-electron chi connectivity index (χ2n) is 3.85. The Kier molecular flexibility index (Phi) is 6.39. The highest BCUT2D eigenvalue weighted by Gasteiger charge is 2.19. The zero-order valence-electron chi connectivity index (χ0n) is 12.9. The number of benzene rings is 1. The van der Waals surface area contributed by atoms with Crippen molar-refractivity contribution in [1.82, 2.24) is 0 Å². The standard InChI is InChI=1S/C15H20O6/c1-6-21-13(16)8-7-10-14(19-4)11(17-2)9-12(18-3)15(10)20-5/h7-9H,6H2,1-5H3. The summed E-state index contributed by atoms with van der Waals surface area (Å²) in [4.78, 5) is 11.5. The van der Waals surface area contributed by atoms with E-state index in [0.717, 1.165) is 0 Å². The first-order chi connectivity index (χ1) is 10.1. The Morgan fingerprint density at radius 2 is 1.52 bits per heavy atom. The van der Waals surface area contributed by atoms with E-state index in [4.69, 9.17) is 23.7 Å². The normalized spacial score (nSPS) is 10.3. The number of rotatable bonds is 7. The predicted octanol–water partition coefficient (Wildman–Crippen LogP) is 2.30. The van der Waals surface area contributed by atoms with E-state index in [1.165, 1.54) is 34.5 Å². The smallest absolute Gasteiger partial charge is 0.330 e. The summed E-state index contributed by atoms with van der Waals surface area (Å²) in [5, 5.41) is 0. The molecule has 116 valence electrons. The molecule has 0 bridgehead atoms. The predicted molar refractivity (Wildman–Crippen MR) is 78.3 cm³/mol. The molecule has 0 saturated carbocycles. The Bertz CT molecular complexity index is 491. The van der Waals surface area contributed by atoms with Gasteiger partial charge >= 0.3 is 5.97 Å². The van der Waals surface area contributed by atoms with E-state index in [1.54, 1.807) is 19.1 Å². The van der Waals surface area contributed by atoms with E-state index in [9.17, 15) is 4.79 Å². The summed E-state index contributed by atoms with van der Waals surface area (Å²) >= 11 is 0. The summed E-state index contributed by atoms with van der Waals surface area (Å²) in [5.41, 5.74) is 0.532. The number of carbonyl (C=O) groups excluding carboxylic acids is 1. The second kappa shape index (κ2) is 8.04. The lowest BCUT2D eigenvalue weighted by molar-refractivity contribution is -0.137. The van der Waals surface area contributed by atoms with E-state index in [-0.39, 0.29) is 0 Å². The first-order valence-corrected chi connectivity index (χ1v) is 6.34. The van der Waals surface area contributed by atoms with Crippen molar-refractivity contribution < 1.29 is 28.5 Å². The number of hydrogen-bond acceptors (Lipinski definition) is 6. The van der Waals surface area contributed by atoms with Crippen LogP contribution in [0.4, 0.5) is 0 Å². The minimum atomic E-state index is -0.455. The first-order valence-electron chi connectivity index (χ1n) is 6.34. The van der Waals surface area contributed by atoms with Gasteiger partial charge in [0.1, 0.15) is 0 Å². The fourth-order valence-electron chi connectivity index (χ4n) is 1.84. The van der Waals surface area contributed by atoms with E-state index >= 15 is 0 Å². The average Bonchev–Trinajstić information content (AvgIpc) is 2.51. The van der Waals surface area contributed by atoms with Crippen molar-refractivity contribution in [3.63, 3.8) is 0 Å².